The van der Waals surface area contributed by atoms with Crippen molar-refractivity contribution in [2.75, 3.05) is 0 Å². The molecule has 3 aromatic carbocycles. The molecule has 1 fully saturated rings. The van der Waals surface area contributed by atoms with Crippen LogP contribution in [-0.2, 0) is 0 Å². The van der Waals surface area contributed by atoms with Crippen LogP contribution in [0.5, 0.6) is 0 Å². The molecular weight excluding hydrogens is 378 g/mol. The van der Waals surface area contributed by atoms with Gasteiger partial charge in [0, 0.05) is 16.7 Å². The molecule has 0 aromatic heterocycles. The predicted octanol–water partition coefficient (Wildman–Crippen LogP) is 4.88. The number of rotatable bonds is 4. The zero-order valence-electron chi connectivity index (χ0n) is 18.4. The summed E-state index contributed by atoms with van der Waals surface area (Å²) >= 11 is 0. The molecule has 1 heterocycles. The topological polar surface area (TPSA) is 36.8 Å². The van der Waals surface area contributed by atoms with Crippen molar-refractivity contribution < 1.29 is 10.4 Å². The van der Waals surface area contributed by atoms with Gasteiger partial charge in [-0.15, -0.1) is 0 Å². The van der Waals surface area contributed by atoms with E-state index in [-0.39, 0.29) is 23.9 Å². The maximum absolute atomic E-state index is 12.3. The zero-order valence-corrected chi connectivity index (χ0v) is 18.4. The van der Waals surface area contributed by atoms with Crippen molar-refractivity contribution in [1.82, 2.24) is 0 Å². The van der Waals surface area contributed by atoms with Gasteiger partial charge in [-0.1, -0.05) is 111 Å². The van der Waals surface area contributed by atoms with Crippen molar-refractivity contribution in [3.05, 3.63) is 108 Å². The Kier molecular flexibility index (Phi) is 6.56. The summed E-state index contributed by atoms with van der Waals surface area (Å²) in [5.74, 6) is 6.72. The van der Waals surface area contributed by atoms with Gasteiger partial charge < -0.3 is 10.4 Å². The van der Waals surface area contributed by atoms with Crippen LogP contribution in [0, 0.1) is 23.7 Å². The number of aliphatic hydroxyl groups is 1. The van der Waals surface area contributed by atoms with Gasteiger partial charge in [0.2, 0.25) is 0 Å². The van der Waals surface area contributed by atoms with Crippen LogP contribution in [0.1, 0.15) is 55.5 Å². The molecule has 0 saturated carbocycles. The van der Waals surface area contributed by atoms with Crippen LogP contribution in [0.4, 0.5) is 0 Å². The average Bonchev–Trinajstić information content (AvgIpc) is 2.83. The molecule has 4 rings (SSSR count). The fraction of sp³-hybridized carbons (Fsp3) is 0.310. The summed E-state index contributed by atoms with van der Waals surface area (Å²) < 4.78 is 0. The Bertz CT molecular complexity index is 1020. The quantitative estimate of drug-likeness (QED) is 0.591. The molecule has 3 aromatic rings. The van der Waals surface area contributed by atoms with Gasteiger partial charge in [-0.3, -0.25) is 0 Å². The molecule has 31 heavy (non-hydrogen) atoms. The SMILES string of the molecule is CCC[C@@H]1[C@@H](c2ccccc2)[NH2+][C@H](c2ccccc2)[C@H](C)[C@]1(O)C#Cc1ccccc1. The number of hydrogen-bond donors (Lipinski definition) is 2. The number of nitrogens with two attached hydrogens (primary N) is 1. The summed E-state index contributed by atoms with van der Waals surface area (Å²) in [6.07, 6.45) is 1.95. The highest BCUT2D eigenvalue weighted by atomic mass is 16.3. The highest BCUT2D eigenvalue weighted by Crippen LogP contribution is 2.44. The third-order valence-electron chi connectivity index (χ3n) is 6.80. The largest absolute Gasteiger partial charge is 0.376 e. The second-order valence-corrected chi connectivity index (χ2v) is 8.69. The molecule has 0 spiro atoms. The van der Waals surface area contributed by atoms with E-state index >= 15 is 0 Å². The predicted molar refractivity (Wildman–Crippen MR) is 126 cm³/mol. The minimum Gasteiger partial charge on any atom is -0.376 e. The molecule has 0 radical (unpaired) electrons. The molecule has 0 aliphatic carbocycles. The first-order chi connectivity index (χ1) is 15.1. The van der Waals surface area contributed by atoms with E-state index in [0.717, 1.165) is 18.4 Å². The summed E-state index contributed by atoms with van der Waals surface area (Å²) in [5, 5.41) is 14.7. The lowest BCUT2D eigenvalue weighted by Crippen LogP contribution is -2.93. The Morgan fingerprint density at radius 2 is 1.32 bits per heavy atom. The second-order valence-electron chi connectivity index (χ2n) is 8.69. The Balaban J connectivity index is 1.82. The van der Waals surface area contributed by atoms with Crippen LogP contribution in [0.25, 0.3) is 0 Å². The standard InChI is InChI=1S/C29H31NO/c1-3-13-26-28(25-18-11-6-12-19-25)30-27(24-16-9-5-10-17-24)22(2)29(26,31)21-20-23-14-7-4-8-15-23/h4-12,14-19,22,26-28,30-31H,3,13H2,1-2H3/p+1/t22-,26+,27-,28+,29+/m0/s1. The van der Waals surface area contributed by atoms with Gasteiger partial charge >= 0.3 is 0 Å². The normalized spacial score (nSPS) is 27.8. The van der Waals surface area contributed by atoms with E-state index in [1.807, 2.05) is 36.4 Å². The Hall–Kier alpha value is -2.86. The van der Waals surface area contributed by atoms with Gasteiger partial charge in [0.05, 0.1) is 11.8 Å². The maximum Gasteiger partial charge on any atom is 0.143 e. The Labute approximate surface area is 186 Å². The van der Waals surface area contributed by atoms with Crippen LogP contribution in [-0.4, -0.2) is 10.7 Å². The zero-order chi connectivity index (χ0) is 21.7. The molecule has 2 nitrogen and oxygen atoms in total. The van der Waals surface area contributed by atoms with Gasteiger partial charge in [0.25, 0.3) is 0 Å². The van der Waals surface area contributed by atoms with Crippen LogP contribution < -0.4 is 5.32 Å². The molecule has 1 aliphatic rings. The molecule has 3 N–H and O–H groups in total. The Morgan fingerprint density at radius 1 is 0.806 bits per heavy atom. The summed E-state index contributed by atoms with van der Waals surface area (Å²) in [4.78, 5) is 0. The van der Waals surface area contributed by atoms with Crippen LogP contribution in [0.15, 0.2) is 91.0 Å². The van der Waals surface area contributed by atoms with Crippen molar-refractivity contribution in [2.24, 2.45) is 11.8 Å². The van der Waals surface area contributed by atoms with Crippen molar-refractivity contribution in [2.45, 2.75) is 44.4 Å². The van der Waals surface area contributed by atoms with Crippen molar-refractivity contribution in [3.63, 3.8) is 0 Å². The molecule has 1 saturated heterocycles. The van der Waals surface area contributed by atoms with Gasteiger partial charge in [-0.05, 0) is 18.6 Å². The monoisotopic (exact) mass is 410 g/mol. The highest BCUT2D eigenvalue weighted by Gasteiger charge is 2.55. The Morgan fingerprint density at radius 3 is 1.87 bits per heavy atom. The van der Waals surface area contributed by atoms with Gasteiger partial charge in [0.1, 0.15) is 17.7 Å². The van der Waals surface area contributed by atoms with Gasteiger partial charge in [-0.25, -0.2) is 0 Å². The second kappa shape index (κ2) is 9.52. The third kappa shape index (κ3) is 4.44. The van der Waals surface area contributed by atoms with E-state index in [2.05, 4.69) is 85.6 Å². The summed E-state index contributed by atoms with van der Waals surface area (Å²) in [6.45, 7) is 4.36. The number of hydrogen-bond acceptors (Lipinski definition) is 1. The van der Waals surface area contributed by atoms with Crippen LogP contribution >= 0.6 is 0 Å². The average molecular weight is 411 g/mol. The van der Waals surface area contributed by atoms with E-state index in [0.29, 0.717) is 0 Å². The van der Waals surface area contributed by atoms with E-state index in [4.69, 9.17) is 0 Å². The smallest absolute Gasteiger partial charge is 0.143 e. The lowest BCUT2D eigenvalue weighted by atomic mass is 9.64. The molecule has 2 heteroatoms. The fourth-order valence-corrected chi connectivity index (χ4v) is 5.11. The molecule has 158 valence electrons. The molecular formula is C29H32NO+. The number of benzene rings is 3. The minimum absolute atomic E-state index is 0.0115. The summed E-state index contributed by atoms with van der Waals surface area (Å²) in [5.41, 5.74) is 2.36. The minimum atomic E-state index is -1.08. The maximum atomic E-state index is 12.3. The molecule has 1 aliphatic heterocycles. The summed E-state index contributed by atoms with van der Waals surface area (Å²) in [7, 11) is 0. The van der Waals surface area contributed by atoms with Crippen molar-refractivity contribution in [1.29, 1.82) is 0 Å². The van der Waals surface area contributed by atoms with Gasteiger partial charge in [-0.2, -0.15) is 0 Å². The summed E-state index contributed by atoms with van der Waals surface area (Å²) in [6, 6.07) is 31.5. The van der Waals surface area contributed by atoms with E-state index < -0.39 is 5.60 Å². The van der Waals surface area contributed by atoms with Crippen molar-refractivity contribution >= 4 is 0 Å². The van der Waals surface area contributed by atoms with Crippen molar-refractivity contribution in [3.8, 4) is 11.8 Å². The van der Waals surface area contributed by atoms with Crippen LogP contribution in [0.2, 0.25) is 0 Å². The molecule has 0 unspecified atom stereocenters. The first-order valence-electron chi connectivity index (χ1n) is 11.4. The lowest BCUT2D eigenvalue weighted by molar-refractivity contribution is -0.763. The third-order valence-corrected chi connectivity index (χ3v) is 6.80. The van der Waals surface area contributed by atoms with E-state index in [9.17, 15) is 5.11 Å². The lowest BCUT2D eigenvalue weighted by Gasteiger charge is -2.48. The first kappa shape index (κ1) is 21.4. The molecule has 0 bridgehead atoms. The van der Waals surface area contributed by atoms with Gasteiger partial charge in [0.15, 0.2) is 0 Å². The first-order valence-corrected chi connectivity index (χ1v) is 11.4. The number of quaternary nitrogens is 1. The fourth-order valence-electron chi connectivity index (χ4n) is 5.11. The molecule has 5 atom stereocenters. The number of piperidine rings is 1. The van der Waals surface area contributed by atoms with Crippen LogP contribution in [0.3, 0.4) is 0 Å². The highest BCUT2D eigenvalue weighted by molar-refractivity contribution is 5.38. The van der Waals surface area contributed by atoms with E-state index in [1.54, 1.807) is 0 Å². The van der Waals surface area contributed by atoms with E-state index in [1.165, 1.54) is 11.1 Å². The molecule has 0 amide bonds.